The Morgan fingerprint density at radius 2 is 2.00 bits per heavy atom. The van der Waals surface area contributed by atoms with Gasteiger partial charge < -0.3 is 15.2 Å². The van der Waals surface area contributed by atoms with Gasteiger partial charge in [-0.2, -0.15) is 0 Å². The summed E-state index contributed by atoms with van der Waals surface area (Å²) in [5.74, 6) is -0.727. The summed E-state index contributed by atoms with van der Waals surface area (Å²) in [4.78, 5) is 23.7. The summed E-state index contributed by atoms with van der Waals surface area (Å²) < 4.78 is 6.71. The van der Waals surface area contributed by atoms with Gasteiger partial charge in [-0.15, -0.1) is 10.2 Å². The van der Waals surface area contributed by atoms with Crippen LogP contribution in [0.1, 0.15) is 28.4 Å². The molecule has 1 atom stereocenters. The third kappa shape index (κ3) is 3.74. The number of aliphatic carboxylic acids is 1. The van der Waals surface area contributed by atoms with E-state index in [1.165, 1.54) is 6.33 Å². The van der Waals surface area contributed by atoms with Gasteiger partial charge in [0.1, 0.15) is 12.1 Å². The molecule has 1 aromatic carbocycles. The van der Waals surface area contributed by atoms with Gasteiger partial charge in [0, 0.05) is 6.20 Å². The van der Waals surface area contributed by atoms with Crippen molar-refractivity contribution in [2.75, 3.05) is 7.11 Å². The van der Waals surface area contributed by atoms with Crippen LogP contribution in [0.3, 0.4) is 0 Å². The first kappa shape index (κ1) is 16.4. The zero-order valence-corrected chi connectivity index (χ0v) is 13.4. The molecule has 0 aliphatic heterocycles. The molecule has 3 rings (SSSR count). The van der Waals surface area contributed by atoms with Crippen molar-refractivity contribution in [2.24, 2.45) is 0 Å². The van der Waals surface area contributed by atoms with Crippen LogP contribution in [0.4, 0.5) is 0 Å². The van der Waals surface area contributed by atoms with Crippen molar-refractivity contribution in [1.29, 1.82) is 0 Å². The monoisotopic (exact) mass is 340 g/mol. The van der Waals surface area contributed by atoms with Gasteiger partial charge in [0.25, 0.3) is 5.91 Å². The Morgan fingerprint density at radius 3 is 2.68 bits per heavy atom. The summed E-state index contributed by atoms with van der Waals surface area (Å²) >= 11 is 0. The summed E-state index contributed by atoms with van der Waals surface area (Å²) in [6.45, 7) is 0. The molecule has 0 unspecified atom stereocenters. The van der Waals surface area contributed by atoms with Crippen molar-refractivity contribution in [3.05, 3.63) is 60.0 Å². The maximum Gasteiger partial charge on any atom is 0.305 e. The molecule has 2 N–H and O–H groups in total. The molecule has 0 fully saturated rings. The Kier molecular flexibility index (Phi) is 4.60. The fourth-order valence-electron chi connectivity index (χ4n) is 2.47. The Labute approximate surface area is 143 Å². The summed E-state index contributed by atoms with van der Waals surface area (Å²) in [6, 6.07) is 9.53. The quantitative estimate of drug-likeness (QED) is 0.707. The second-order valence-electron chi connectivity index (χ2n) is 5.41. The van der Waals surface area contributed by atoms with E-state index >= 15 is 0 Å². The number of aromatic nitrogens is 3. The van der Waals surface area contributed by atoms with Gasteiger partial charge in [-0.3, -0.25) is 14.0 Å². The van der Waals surface area contributed by atoms with Crippen molar-refractivity contribution in [1.82, 2.24) is 19.9 Å². The molecule has 0 aliphatic carbocycles. The number of nitrogens with zero attached hydrogens (tertiary/aromatic N) is 3. The zero-order chi connectivity index (χ0) is 17.8. The normalized spacial score (nSPS) is 11.9. The number of amides is 1. The Morgan fingerprint density at radius 1 is 1.24 bits per heavy atom. The third-order valence-corrected chi connectivity index (χ3v) is 3.76. The highest BCUT2D eigenvalue weighted by atomic mass is 16.5. The summed E-state index contributed by atoms with van der Waals surface area (Å²) in [5.41, 5.74) is 1.69. The van der Waals surface area contributed by atoms with Crippen LogP contribution >= 0.6 is 0 Å². The smallest absolute Gasteiger partial charge is 0.305 e. The fraction of sp³-hybridized carbons (Fsp3) is 0.176. The molecule has 0 aliphatic rings. The summed E-state index contributed by atoms with van der Waals surface area (Å²) in [7, 11) is 1.55. The van der Waals surface area contributed by atoms with E-state index in [9.17, 15) is 9.59 Å². The number of hydrogen-bond acceptors (Lipinski definition) is 5. The molecule has 2 heterocycles. The molecule has 8 nitrogen and oxygen atoms in total. The minimum absolute atomic E-state index is 0.229. The molecule has 0 spiro atoms. The number of methoxy groups -OCH3 is 1. The van der Waals surface area contributed by atoms with E-state index in [2.05, 4.69) is 15.5 Å². The second-order valence-corrected chi connectivity index (χ2v) is 5.41. The SMILES string of the molecule is COc1ccc([C@@H](CC(=O)O)NC(=O)c2ccc3nncn3c2)cc1. The standard InChI is InChI=1S/C17H16N4O4/c1-25-13-5-2-11(3-6-13)14(8-16(22)23)19-17(24)12-4-7-15-20-18-10-21(15)9-12/h2-7,9-10,14H,8H2,1H3,(H,19,24)(H,22,23)/t14-/m1/s1. The number of carboxylic acid groups (broad SMARTS) is 1. The van der Waals surface area contributed by atoms with Gasteiger partial charge in [0.15, 0.2) is 5.65 Å². The predicted octanol–water partition coefficient (Wildman–Crippen LogP) is 1.68. The van der Waals surface area contributed by atoms with E-state index in [-0.39, 0.29) is 12.3 Å². The minimum Gasteiger partial charge on any atom is -0.497 e. The van der Waals surface area contributed by atoms with E-state index in [4.69, 9.17) is 9.84 Å². The molecular formula is C17H16N4O4. The molecule has 8 heteroatoms. The zero-order valence-electron chi connectivity index (χ0n) is 13.4. The number of fused-ring (bicyclic) bond motifs is 1. The number of ether oxygens (including phenoxy) is 1. The molecule has 1 amide bonds. The van der Waals surface area contributed by atoms with Crippen LogP contribution in [-0.4, -0.2) is 38.7 Å². The molecule has 0 saturated carbocycles. The number of benzene rings is 1. The fourth-order valence-corrected chi connectivity index (χ4v) is 2.47. The first-order valence-electron chi connectivity index (χ1n) is 7.53. The van der Waals surface area contributed by atoms with Gasteiger partial charge in [-0.05, 0) is 29.8 Å². The van der Waals surface area contributed by atoms with Crippen LogP contribution in [-0.2, 0) is 4.79 Å². The van der Waals surface area contributed by atoms with Crippen molar-refractivity contribution in [3.63, 3.8) is 0 Å². The number of pyridine rings is 1. The third-order valence-electron chi connectivity index (χ3n) is 3.76. The highest BCUT2D eigenvalue weighted by molar-refractivity contribution is 5.94. The molecule has 0 bridgehead atoms. The lowest BCUT2D eigenvalue weighted by molar-refractivity contribution is -0.137. The number of carbonyl (C=O) groups is 2. The van der Waals surface area contributed by atoms with Gasteiger partial charge in [-0.1, -0.05) is 12.1 Å². The number of carbonyl (C=O) groups excluding carboxylic acids is 1. The van der Waals surface area contributed by atoms with Crippen molar-refractivity contribution < 1.29 is 19.4 Å². The lowest BCUT2D eigenvalue weighted by atomic mass is 10.0. The van der Waals surface area contributed by atoms with Gasteiger partial charge in [0.2, 0.25) is 0 Å². The lowest BCUT2D eigenvalue weighted by Crippen LogP contribution is -2.30. The van der Waals surface area contributed by atoms with Crippen LogP contribution in [0.2, 0.25) is 0 Å². The van der Waals surface area contributed by atoms with Crippen LogP contribution < -0.4 is 10.1 Å². The number of carboxylic acids is 1. The number of nitrogens with one attached hydrogen (secondary N) is 1. The van der Waals surface area contributed by atoms with Gasteiger partial charge >= 0.3 is 5.97 Å². The Balaban J connectivity index is 1.82. The van der Waals surface area contributed by atoms with Crippen LogP contribution in [0.25, 0.3) is 5.65 Å². The maximum absolute atomic E-state index is 12.5. The highest BCUT2D eigenvalue weighted by Gasteiger charge is 2.19. The summed E-state index contributed by atoms with van der Waals surface area (Å²) in [5, 5.41) is 19.5. The maximum atomic E-state index is 12.5. The molecule has 2 aromatic heterocycles. The molecule has 0 radical (unpaired) electrons. The lowest BCUT2D eigenvalue weighted by Gasteiger charge is -2.18. The van der Waals surface area contributed by atoms with Crippen molar-refractivity contribution in [3.8, 4) is 5.75 Å². The highest BCUT2D eigenvalue weighted by Crippen LogP contribution is 2.21. The average Bonchev–Trinajstić information content (AvgIpc) is 3.08. The number of rotatable bonds is 6. The molecule has 0 saturated heterocycles. The molecule has 128 valence electrons. The van der Waals surface area contributed by atoms with E-state index in [0.29, 0.717) is 22.5 Å². The van der Waals surface area contributed by atoms with Crippen molar-refractivity contribution in [2.45, 2.75) is 12.5 Å². The molecular weight excluding hydrogens is 324 g/mol. The number of hydrogen-bond donors (Lipinski definition) is 2. The minimum atomic E-state index is -1.00. The van der Waals surface area contributed by atoms with Crippen LogP contribution in [0.15, 0.2) is 48.9 Å². The first-order chi connectivity index (χ1) is 12.1. The Bertz CT molecular complexity index is 904. The van der Waals surface area contributed by atoms with Crippen LogP contribution in [0.5, 0.6) is 5.75 Å². The Hall–Kier alpha value is -3.42. The summed E-state index contributed by atoms with van der Waals surface area (Å²) in [6.07, 6.45) is 2.85. The average molecular weight is 340 g/mol. The predicted molar refractivity (Wildman–Crippen MR) is 88.4 cm³/mol. The van der Waals surface area contributed by atoms with E-state index in [1.807, 2.05) is 0 Å². The van der Waals surface area contributed by atoms with E-state index < -0.39 is 12.0 Å². The second kappa shape index (κ2) is 7.00. The van der Waals surface area contributed by atoms with Crippen molar-refractivity contribution >= 4 is 17.5 Å². The molecule has 3 aromatic rings. The van der Waals surface area contributed by atoms with Crippen LogP contribution in [0, 0.1) is 0 Å². The first-order valence-corrected chi connectivity index (χ1v) is 7.53. The van der Waals surface area contributed by atoms with Gasteiger partial charge in [0.05, 0.1) is 25.1 Å². The molecule has 25 heavy (non-hydrogen) atoms. The van der Waals surface area contributed by atoms with Gasteiger partial charge in [-0.25, -0.2) is 0 Å². The topological polar surface area (TPSA) is 106 Å². The van der Waals surface area contributed by atoms with E-state index in [1.54, 1.807) is 54.1 Å². The van der Waals surface area contributed by atoms with E-state index in [0.717, 1.165) is 0 Å². The largest absolute Gasteiger partial charge is 0.497 e.